The number of thiazole rings is 1. The van der Waals surface area contributed by atoms with Crippen molar-refractivity contribution in [2.45, 2.75) is 51.8 Å². The number of aromatic nitrogens is 1. The maximum Gasteiger partial charge on any atom is 0.410 e. The van der Waals surface area contributed by atoms with Gasteiger partial charge in [-0.15, -0.1) is 11.3 Å². The molecule has 1 fully saturated rings. The van der Waals surface area contributed by atoms with Crippen LogP contribution in [0.4, 0.5) is 4.79 Å². The van der Waals surface area contributed by atoms with Crippen LogP contribution < -0.4 is 0 Å². The van der Waals surface area contributed by atoms with E-state index in [1.165, 1.54) is 0 Å². The Morgan fingerprint density at radius 1 is 1.35 bits per heavy atom. The summed E-state index contributed by atoms with van der Waals surface area (Å²) in [5, 5.41) is 0.892. The molecule has 0 radical (unpaired) electrons. The largest absolute Gasteiger partial charge is 0.444 e. The molecule has 0 bridgehead atoms. The summed E-state index contributed by atoms with van der Waals surface area (Å²) in [7, 11) is 1.76. The van der Waals surface area contributed by atoms with E-state index >= 15 is 0 Å². The number of fused-ring (bicyclic) bond motifs is 1. The highest BCUT2D eigenvalue weighted by molar-refractivity contribution is 7.18. The van der Waals surface area contributed by atoms with Gasteiger partial charge < -0.3 is 9.64 Å². The molecular weight excluding hydrogens is 350 g/mol. The number of likely N-dealkylation sites (tertiary alicyclic amines) is 1. The molecule has 7 heteroatoms. The number of amides is 2. The summed E-state index contributed by atoms with van der Waals surface area (Å²) < 4.78 is 6.56. The molecule has 1 saturated heterocycles. The quantitative estimate of drug-likeness (QED) is 0.821. The molecule has 2 amide bonds. The molecule has 26 heavy (non-hydrogen) atoms. The Labute approximate surface area is 157 Å². The first-order valence-corrected chi connectivity index (χ1v) is 9.65. The number of likely N-dealkylation sites (N-methyl/N-ethyl adjacent to an activating group) is 1. The lowest BCUT2D eigenvalue weighted by Crippen LogP contribution is -2.47. The number of benzene rings is 1. The van der Waals surface area contributed by atoms with Gasteiger partial charge in [0, 0.05) is 13.6 Å². The SMILES string of the molecule is CN(Cc1nc2ccccc2s1)C(=O)[C@@H]1CCCN1C(=O)OC(C)(C)C. The molecule has 2 aromatic rings. The van der Waals surface area contributed by atoms with Crippen molar-refractivity contribution in [3.8, 4) is 0 Å². The second-order valence-corrected chi connectivity index (χ2v) is 8.72. The number of rotatable bonds is 3. The average Bonchev–Trinajstić information content (AvgIpc) is 3.18. The maximum absolute atomic E-state index is 12.9. The van der Waals surface area contributed by atoms with Crippen molar-refractivity contribution < 1.29 is 14.3 Å². The number of hydrogen-bond acceptors (Lipinski definition) is 5. The van der Waals surface area contributed by atoms with Crippen LogP contribution in [-0.4, -0.2) is 52.0 Å². The molecule has 0 N–H and O–H groups in total. The lowest BCUT2D eigenvalue weighted by atomic mass is 10.2. The molecule has 2 heterocycles. The molecular formula is C19H25N3O3S. The fourth-order valence-corrected chi connectivity index (χ4v) is 4.11. The summed E-state index contributed by atoms with van der Waals surface area (Å²) in [6, 6.07) is 7.48. The van der Waals surface area contributed by atoms with Crippen molar-refractivity contribution in [3.05, 3.63) is 29.3 Å². The topological polar surface area (TPSA) is 62.7 Å². The average molecular weight is 375 g/mol. The first-order valence-electron chi connectivity index (χ1n) is 8.83. The van der Waals surface area contributed by atoms with Gasteiger partial charge in [0.25, 0.3) is 0 Å². The van der Waals surface area contributed by atoms with E-state index in [1.807, 2.05) is 45.0 Å². The predicted octanol–water partition coefficient (Wildman–Crippen LogP) is 3.65. The van der Waals surface area contributed by atoms with E-state index in [-0.39, 0.29) is 5.91 Å². The van der Waals surface area contributed by atoms with Crippen LogP contribution in [-0.2, 0) is 16.1 Å². The monoisotopic (exact) mass is 375 g/mol. The molecule has 6 nitrogen and oxygen atoms in total. The van der Waals surface area contributed by atoms with E-state index in [1.54, 1.807) is 28.2 Å². The lowest BCUT2D eigenvalue weighted by Gasteiger charge is -2.30. The van der Waals surface area contributed by atoms with Crippen molar-refractivity contribution in [1.29, 1.82) is 0 Å². The van der Waals surface area contributed by atoms with Crippen LogP contribution in [0.15, 0.2) is 24.3 Å². The van der Waals surface area contributed by atoms with Crippen molar-refractivity contribution in [2.75, 3.05) is 13.6 Å². The summed E-state index contributed by atoms with van der Waals surface area (Å²) in [6.07, 6.45) is 1.06. The number of carbonyl (C=O) groups is 2. The molecule has 140 valence electrons. The molecule has 0 aliphatic carbocycles. The molecule has 0 saturated carbocycles. The zero-order chi connectivity index (χ0) is 18.9. The molecule has 1 aliphatic heterocycles. The van der Waals surface area contributed by atoms with Gasteiger partial charge in [-0.2, -0.15) is 0 Å². The fourth-order valence-electron chi connectivity index (χ4n) is 3.09. The Kier molecular flexibility index (Phi) is 5.18. The smallest absolute Gasteiger partial charge is 0.410 e. The van der Waals surface area contributed by atoms with Crippen LogP contribution >= 0.6 is 11.3 Å². The molecule has 3 rings (SSSR count). The van der Waals surface area contributed by atoms with Crippen LogP contribution in [0.2, 0.25) is 0 Å². The minimum Gasteiger partial charge on any atom is -0.444 e. The van der Waals surface area contributed by atoms with Gasteiger partial charge in [-0.05, 0) is 45.7 Å². The van der Waals surface area contributed by atoms with E-state index in [2.05, 4.69) is 4.98 Å². The Morgan fingerprint density at radius 3 is 2.77 bits per heavy atom. The number of nitrogens with zero attached hydrogens (tertiary/aromatic N) is 3. The van der Waals surface area contributed by atoms with Crippen molar-refractivity contribution >= 4 is 33.6 Å². The summed E-state index contributed by atoms with van der Waals surface area (Å²) in [4.78, 5) is 33.1. The van der Waals surface area contributed by atoms with E-state index < -0.39 is 17.7 Å². The molecule has 0 unspecified atom stereocenters. The van der Waals surface area contributed by atoms with Gasteiger partial charge in [-0.1, -0.05) is 12.1 Å². The zero-order valence-electron chi connectivity index (χ0n) is 15.7. The number of carbonyl (C=O) groups excluding carboxylic acids is 2. The van der Waals surface area contributed by atoms with Crippen LogP contribution in [0.3, 0.4) is 0 Å². The van der Waals surface area contributed by atoms with Gasteiger partial charge in [0.1, 0.15) is 16.7 Å². The van der Waals surface area contributed by atoms with Crippen molar-refractivity contribution in [3.63, 3.8) is 0 Å². The maximum atomic E-state index is 12.9. The third-order valence-corrected chi connectivity index (χ3v) is 5.27. The third kappa shape index (κ3) is 4.15. The van der Waals surface area contributed by atoms with E-state index in [4.69, 9.17) is 4.74 Å². The minimum absolute atomic E-state index is 0.0624. The van der Waals surface area contributed by atoms with Gasteiger partial charge in [-0.3, -0.25) is 9.69 Å². The van der Waals surface area contributed by atoms with E-state index in [0.717, 1.165) is 21.6 Å². The molecule has 1 atom stereocenters. The Morgan fingerprint density at radius 2 is 2.08 bits per heavy atom. The highest BCUT2D eigenvalue weighted by Crippen LogP contribution is 2.25. The third-order valence-electron chi connectivity index (χ3n) is 4.25. The molecule has 1 aromatic heterocycles. The van der Waals surface area contributed by atoms with Gasteiger partial charge in [0.15, 0.2) is 0 Å². The number of para-hydroxylation sites is 1. The predicted molar refractivity (Wildman–Crippen MR) is 102 cm³/mol. The highest BCUT2D eigenvalue weighted by Gasteiger charge is 2.38. The van der Waals surface area contributed by atoms with Gasteiger partial charge >= 0.3 is 6.09 Å². The Balaban J connectivity index is 1.67. The van der Waals surface area contributed by atoms with E-state index in [0.29, 0.717) is 19.5 Å². The van der Waals surface area contributed by atoms with Gasteiger partial charge in [-0.25, -0.2) is 9.78 Å². The van der Waals surface area contributed by atoms with Crippen LogP contribution in [0, 0.1) is 0 Å². The van der Waals surface area contributed by atoms with Crippen LogP contribution in [0.5, 0.6) is 0 Å². The first kappa shape index (κ1) is 18.6. The Bertz CT molecular complexity index is 779. The zero-order valence-corrected chi connectivity index (χ0v) is 16.5. The number of hydrogen-bond donors (Lipinski definition) is 0. The molecule has 1 aliphatic rings. The molecule has 0 spiro atoms. The Hall–Kier alpha value is -2.15. The van der Waals surface area contributed by atoms with Crippen LogP contribution in [0.1, 0.15) is 38.6 Å². The summed E-state index contributed by atoms with van der Waals surface area (Å²) in [5.74, 6) is -0.0624. The minimum atomic E-state index is -0.569. The normalized spacial score (nSPS) is 17.5. The highest BCUT2D eigenvalue weighted by atomic mass is 32.1. The van der Waals surface area contributed by atoms with Gasteiger partial charge in [0.2, 0.25) is 5.91 Å². The summed E-state index contributed by atoms with van der Waals surface area (Å²) >= 11 is 1.59. The van der Waals surface area contributed by atoms with Crippen molar-refractivity contribution in [2.24, 2.45) is 0 Å². The fraction of sp³-hybridized carbons (Fsp3) is 0.526. The standard InChI is InChI=1S/C19H25N3O3S/c1-19(2,3)25-18(24)22-11-7-9-14(22)17(23)21(4)12-16-20-13-8-5-6-10-15(13)26-16/h5-6,8,10,14H,7,9,11-12H2,1-4H3/t14-/m0/s1. The van der Waals surface area contributed by atoms with Gasteiger partial charge in [0.05, 0.1) is 16.8 Å². The number of ether oxygens (including phenoxy) is 1. The second kappa shape index (κ2) is 7.23. The van der Waals surface area contributed by atoms with Crippen molar-refractivity contribution in [1.82, 2.24) is 14.8 Å². The molecule has 1 aromatic carbocycles. The van der Waals surface area contributed by atoms with E-state index in [9.17, 15) is 9.59 Å². The summed E-state index contributed by atoms with van der Waals surface area (Å²) in [5.41, 5.74) is 0.379. The lowest BCUT2D eigenvalue weighted by molar-refractivity contribution is -0.135. The first-order chi connectivity index (χ1) is 12.2. The van der Waals surface area contributed by atoms with Crippen LogP contribution in [0.25, 0.3) is 10.2 Å². The second-order valence-electron chi connectivity index (χ2n) is 7.60. The summed E-state index contributed by atoms with van der Waals surface area (Å²) in [6.45, 7) is 6.49.